The molecule has 0 aliphatic heterocycles. The Morgan fingerprint density at radius 1 is 1.03 bits per heavy atom. The van der Waals surface area contributed by atoms with Crippen LogP contribution >= 0.6 is 0 Å². The summed E-state index contributed by atoms with van der Waals surface area (Å²) in [7, 11) is 0. The fourth-order valence-corrected chi connectivity index (χ4v) is 9.10. The van der Waals surface area contributed by atoms with Crippen LogP contribution in [0.4, 0.5) is 0 Å². The van der Waals surface area contributed by atoms with Crippen molar-refractivity contribution in [3.8, 4) is 0 Å². The molecule has 0 saturated heterocycles. The van der Waals surface area contributed by atoms with E-state index in [9.17, 15) is 5.11 Å². The second-order valence-electron chi connectivity index (χ2n) is 13.0. The van der Waals surface area contributed by atoms with Gasteiger partial charge in [0.15, 0.2) is 0 Å². The van der Waals surface area contributed by atoms with Gasteiger partial charge in [0, 0.05) is 0 Å². The van der Waals surface area contributed by atoms with E-state index in [-0.39, 0.29) is 11.5 Å². The van der Waals surface area contributed by atoms with Gasteiger partial charge in [-0.05, 0) is 118 Å². The zero-order chi connectivity index (χ0) is 21.9. The molecule has 0 aromatic rings. The van der Waals surface area contributed by atoms with E-state index in [2.05, 4.69) is 54.5 Å². The predicted octanol–water partition coefficient (Wildman–Crippen LogP) is 8.09. The summed E-state index contributed by atoms with van der Waals surface area (Å²) in [4.78, 5) is 0. The summed E-state index contributed by atoms with van der Waals surface area (Å²) < 4.78 is 0. The van der Waals surface area contributed by atoms with Crippen LogP contribution in [-0.2, 0) is 0 Å². The third-order valence-electron chi connectivity index (χ3n) is 10.8. The molecule has 0 aromatic heterocycles. The standard InChI is InChI=1S/C29H48O/c1-19(2)9-8-10-20(3)22-12-13-23-21-11-14-25-27(4,5)26(30)16-18-29(25,7)24(21)15-17-28(22,23)6/h9,20,22-23,25-26,30H,8,10-18H2,1-7H3/t20?,22-,23+,25+,26+,28-,29-/m1/s1. The molecule has 0 heterocycles. The molecule has 0 radical (unpaired) electrons. The summed E-state index contributed by atoms with van der Waals surface area (Å²) in [6.07, 6.45) is 15.3. The van der Waals surface area contributed by atoms with Crippen molar-refractivity contribution >= 4 is 0 Å². The Kier molecular flexibility index (Phi) is 5.87. The lowest BCUT2D eigenvalue weighted by Crippen LogP contribution is -2.53. The highest BCUT2D eigenvalue weighted by molar-refractivity contribution is 5.35. The first-order valence-electron chi connectivity index (χ1n) is 13.1. The SMILES string of the molecule is CC(C)=CCCC(C)[C@H]1CC[C@H]2C3=C(CC[C@]12C)[C@@]1(C)CC[C@H](O)C(C)(C)[C@@H]1CC3. The third-order valence-corrected chi connectivity index (χ3v) is 10.8. The molecule has 170 valence electrons. The number of fused-ring (bicyclic) bond motifs is 4. The van der Waals surface area contributed by atoms with Crippen LogP contribution < -0.4 is 0 Å². The first kappa shape index (κ1) is 22.6. The Morgan fingerprint density at radius 3 is 2.47 bits per heavy atom. The second kappa shape index (κ2) is 7.79. The normalized spacial score (nSPS) is 43.5. The van der Waals surface area contributed by atoms with Gasteiger partial charge < -0.3 is 5.11 Å². The minimum Gasteiger partial charge on any atom is -0.393 e. The van der Waals surface area contributed by atoms with Gasteiger partial charge in [0.25, 0.3) is 0 Å². The predicted molar refractivity (Wildman–Crippen MR) is 128 cm³/mol. The smallest absolute Gasteiger partial charge is 0.0594 e. The molecule has 7 atom stereocenters. The Bertz CT molecular complexity index is 723. The zero-order valence-electron chi connectivity index (χ0n) is 21.0. The molecule has 4 aliphatic carbocycles. The maximum atomic E-state index is 10.8. The quantitative estimate of drug-likeness (QED) is 0.462. The highest BCUT2D eigenvalue weighted by Crippen LogP contribution is 2.68. The number of hydrogen-bond donors (Lipinski definition) is 1. The van der Waals surface area contributed by atoms with Crippen LogP contribution in [0.25, 0.3) is 0 Å². The molecule has 0 bridgehead atoms. The van der Waals surface area contributed by atoms with E-state index in [0.717, 1.165) is 24.2 Å². The van der Waals surface area contributed by atoms with Crippen molar-refractivity contribution in [1.29, 1.82) is 0 Å². The molecular weight excluding hydrogens is 364 g/mol. The Morgan fingerprint density at radius 2 is 1.77 bits per heavy atom. The third kappa shape index (κ3) is 3.37. The van der Waals surface area contributed by atoms with E-state index in [0.29, 0.717) is 16.7 Å². The lowest BCUT2D eigenvalue weighted by Gasteiger charge is -2.60. The van der Waals surface area contributed by atoms with Crippen molar-refractivity contribution in [3.63, 3.8) is 0 Å². The topological polar surface area (TPSA) is 20.2 Å². The maximum Gasteiger partial charge on any atom is 0.0594 e. The van der Waals surface area contributed by atoms with E-state index in [1.807, 2.05) is 11.1 Å². The fourth-order valence-electron chi connectivity index (χ4n) is 9.10. The van der Waals surface area contributed by atoms with E-state index in [4.69, 9.17) is 0 Å². The van der Waals surface area contributed by atoms with Crippen molar-refractivity contribution < 1.29 is 5.11 Å². The summed E-state index contributed by atoms with van der Waals surface area (Å²) in [6, 6.07) is 0. The van der Waals surface area contributed by atoms with Crippen molar-refractivity contribution in [2.75, 3.05) is 0 Å². The van der Waals surface area contributed by atoms with Gasteiger partial charge in [-0.3, -0.25) is 0 Å². The minimum absolute atomic E-state index is 0.0595. The van der Waals surface area contributed by atoms with Gasteiger partial charge in [0.2, 0.25) is 0 Å². The lowest BCUT2D eigenvalue weighted by molar-refractivity contribution is -0.0931. The number of aliphatic hydroxyl groups is 1. The van der Waals surface area contributed by atoms with Crippen LogP contribution in [0.1, 0.15) is 113 Å². The van der Waals surface area contributed by atoms with Gasteiger partial charge in [-0.2, -0.15) is 0 Å². The van der Waals surface area contributed by atoms with Crippen LogP contribution in [-0.4, -0.2) is 11.2 Å². The molecule has 1 N–H and O–H groups in total. The molecule has 30 heavy (non-hydrogen) atoms. The Labute approximate surface area is 186 Å². The van der Waals surface area contributed by atoms with E-state index in [1.165, 1.54) is 63.4 Å². The lowest BCUT2D eigenvalue weighted by atomic mass is 9.46. The first-order valence-corrected chi connectivity index (χ1v) is 13.1. The summed E-state index contributed by atoms with van der Waals surface area (Å²) in [5, 5.41) is 10.8. The van der Waals surface area contributed by atoms with Crippen LogP contribution in [0.15, 0.2) is 22.8 Å². The summed E-state index contributed by atoms with van der Waals surface area (Å²) in [5.41, 5.74) is 6.15. The average molecular weight is 413 g/mol. The molecule has 0 amide bonds. The fraction of sp³-hybridized carbons (Fsp3) is 0.862. The molecular formula is C29H48O. The molecule has 1 nitrogen and oxygen atoms in total. The molecule has 2 fully saturated rings. The molecule has 2 saturated carbocycles. The van der Waals surface area contributed by atoms with Crippen LogP contribution in [0.5, 0.6) is 0 Å². The monoisotopic (exact) mass is 412 g/mol. The molecule has 0 aromatic carbocycles. The average Bonchev–Trinajstić information content (AvgIpc) is 3.02. The van der Waals surface area contributed by atoms with Gasteiger partial charge in [0.1, 0.15) is 0 Å². The van der Waals surface area contributed by atoms with E-state index in [1.54, 1.807) is 0 Å². The number of allylic oxidation sites excluding steroid dienone is 4. The number of rotatable bonds is 4. The molecule has 0 spiro atoms. The van der Waals surface area contributed by atoms with Gasteiger partial charge in [-0.1, -0.05) is 57.4 Å². The highest BCUT2D eigenvalue weighted by atomic mass is 16.3. The number of aliphatic hydroxyl groups excluding tert-OH is 1. The van der Waals surface area contributed by atoms with Crippen LogP contribution in [0.3, 0.4) is 0 Å². The van der Waals surface area contributed by atoms with Gasteiger partial charge in [0.05, 0.1) is 6.10 Å². The summed E-state index contributed by atoms with van der Waals surface area (Å²) in [6.45, 7) is 16.9. The Balaban J connectivity index is 1.59. The number of hydrogen-bond acceptors (Lipinski definition) is 1. The maximum absolute atomic E-state index is 10.8. The summed E-state index contributed by atoms with van der Waals surface area (Å²) >= 11 is 0. The van der Waals surface area contributed by atoms with E-state index < -0.39 is 0 Å². The highest BCUT2D eigenvalue weighted by Gasteiger charge is 2.59. The largest absolute Gasteiger partial charge is 0.393 e. The molecule has 1 heteroatoms. The Hall–Kier alpha value is -0.560. The summed E-state index contributed by atoms with van der Waals surface area (Å²) in [5.74, 6) is 3.23. The zero-order valence-corrected chi connectivity index (χ0v) is 21.0. The van der Waals surface area contributed by atoms with Crippen LogP contribution in [0, 0.1) is 39.9 Å². The van der Waals surface area contributed by atoms with Crippen molar-refractivity contribution in [3.05, 3.63) is 22.8 Å². The van der Waals surface area contributed by atoms with Crippen molar-refractivity contribution in [2.45, 2.75) is 119 Å². The van der Waals surface area contributed by atoms with E-state index >= 15 is 0 Å². The first-order chi connectivity index (χ1) is 14.0. The second-order valence-corrected chi connectivity index (χ2v) is 13.0. The van der Waals surface area contributed by atoms with Crippen molar-refractivity contribution in [2.24, 2.45) is 39.9 Å². The van der Waals surface area contributed by atoms with Gasteiger partial charge >= 0.3 is 0 Å². The minimum atomic E-state index is -0.121. The molecule has 1 unspecified atom stereocenters. The molecule has 4 aliphatic rings. The van der Waals surface area contributed by atoms with Crippen molar-refractivity contribution in [1.82, 2.24) is 0 Å². The van der Waals surface area contributed by atoms with Crippen LogP contribution in [0.2, 0.25) is 0 Å². The molecule has 4 rings (SSSR count). The van der Waals surface area contributed by atoms with Gasteiger partial charge in [-0.25, -0.2) is 0 Å². The van der Waals surface area contributed by atoms with Gasteiger partial charge in [-0.15, -0.1) is 0 Å².